The van der Waals surface area contributed by atoms with Gasteiger partial charge in [-0.05, 0) is 27.6 Å². The summed E-state index contributed by atoms with van der Waals surface area (Å²) in [4.78, 5) is 15.9. The Bertz CT molecular complexity index is 545. The lowest BCUT2D eigenvalue weighted by atomic mass is 10.1. The summed E-state index contributed by atoms with van der Waals surface area (Å²) in [7, 11) is 0. The number of pyridine rings is 1. The molecule has 1 aromatic heterocycles. The van der Waals surface area contributed by atoms with E-state index in [1.165, 1.54) is 0 Å². The number of carbonyl (C=O) groups excluding carboxylic acids is 1. The Morgan fingerprint density at radius 3 is 2.67 bits per heavy atom. The average molecular weight is 306 g/mol. The fraction of sp³-hybridized carbons (Fsp3) is 0.0769. The van der Waals surface area contributed by atoms with Gasteiger partial charge in [-0.15, -0.1) is 0 Å². The molecule has 92 valence electrons. The zero-order valence-corrected chi connectivity index (χ0v) is 11.1. The van der Waals surface area contributed by atoms with Gasteiger partial charge in [-0.2, -0.15) is 0 Å². The van der Waals surface area contributed by atoms with E-state index in [9.17, 15) is 4.79 Å². The van der Waals surface area contributed by atoms with Crippen LogP contribution >= 0.6 is 15.9 Å². The Morgan fingerprint density at radius 2 is 2.00 bits per heavy atom. The standard InChI is InChI=1S/C13H12BrN3O/c14-10-6-11(8-16-7-10)17-13(18)12(15)9-4-2-1-3-5-9/h1-8,12H,15H2,(H,17,18)/t12-/m1/s1. The second kappa shape index (κ2) is 5.75. The number of hydrogen-bond acceptors (Lipinski definition) is 3. The third-order valence-electron chi connectivity index (χ3n) is 2.41. The quantitative estimate of drug-likeness (QED) is 0.915. The van der Waals surface area contributed by atoms with Gasteiger partial charge in [-0.3, -0.25) is 9.78 Å². The van der Waals surface area contributed by atoms with E-state index in [1.54, 1.807) is 18.5 Å². The maximum Gasteiger partial charge on any atom is 0.245 e. The van der Waals surface area contributed by atoms with E-state index in [0.717, 1.165) is 10.0 Å². The lowest BCUT2D eigenvalue weighted by molar-refractivity contribution is -0.117. The predicted molar refractivity (Wildman–Crippen MR) is 73.9 cm³/mol. The van der Waals surface area contributed by atoms with E-state index in [2.05, 4.69) is 26.2 Å². The molecule has 0 saturated carbocycles. The van der Waals surface area contributed by atoms with Crippen molar-refractivity contribution < 1.29 is 4.79 Å². The third-order valence-corrected chi connectivity index (χ3v) is 2.85. The summed E-state index contributed by atoms with van der Waals surface area (Å²) in [6, 6.07) is 10.3. The molecule has 0 spiro atoms. The number of nitrogens with two attached hydrogens (primary N) is 1. The minimum atomic E-state index is -0.690. The van der Waals surface area contributed by atoms with E-state index in [1.807, 2.05) is 30.3 Å². The molecule has 0 saturated heterocycles. The predicted octanol–water partition coefficient (Wildman–Crippen LogP) is 2.48. The van der Waals surface area contributed by atoms with Gasteiger partial charge in [0.25, 0.3) is 0 Å². The van der Waals surface area contributed by atoms with Crippen molar-refractivity contribution in [3.8, 4) is 0 Å². The van der Waals surface area contributed by atoms with Crippen molar-refractivity contribution in [2.24, 2.45) is 5.73 Å². The fourth-order valence-electron chi connectivity index (χ4n) is 1.51. The normalized spacial score (nSPS) is 11.9. The Hall–Kier alpha value is -1.72. The molecule has 18 heavy (non-hydrogen) atoms. The van der Waals surface area contributed by atoms with Gasteiger partial charge >= 0.3 is 0 Å². The summed E-state index contributed by atoms with van der Waals surface area (Å²) in [5.74, 6) is -0.263. The lowest BCUT2D eigenvalue weighted by Gasteiger charge is -2.12. The van der Waals surface area contributed by atoms with Crippen molar-refractivity contribution in [1.29, 1.82) is 0 Å². The van der Waals surface area contributed by atoms with Gasteiger partial charge in [-0.1, -0.05) is 30.3 Å². The van der Waals surface area contributed by atoms with E-state index >= 15 is 0 Å². The summed E-state index contributed by atoms with van der Waals surface area (Å²) in [5.41, 5.74) is 7.27. The van der Waals surface area contributed by atoms with Gasteiger partial charge in [0.05, 0.1) is 11.9 Å². The topological polar surface area (TPSA) is 68.0 Å². The summed E-state index contributed by atoms with van der Waals surface area (Å²) in [6.45, 7) is 0. The number of halogens is 1. The molecule has 0 radical (unpaired) electrons. The molecular formula is C13H12BrN3O. The van der Waals surface area contributed by atoms with Crippen molar-refractivity contribution in [2.45, 2.75) is 6.04 Å². The Labute approximate surface area is 113 Å². The van der Waals surface area contributed by atoms with Crippen LogP contribution < -0.4 is 11.1 Å². The molecule has 0 unspecified atom stereocenters. The summed E-state index contributed by atoms with van der Waals surface area (Å²) >= 11 is 3.29. The molecule has 0 bridgehead atoms. The third kappa shape index (κ3) is 3.15. The number of nitrogens with one attached hydrogen (secondary N) is 1. The van der Waals surface area contributed by atoms with Gasteiger partial charge in [-0.25, -0.2) is 0 Å². The first-order chi connectivity index (χ1) is 8.66. The number of anilines is 1. The lowest BCUT2D eigenvalue weighted by Crippen LogP contribution is -2.27. The van der Waals surface area contributed by atoms with Crippen LogP contribution in [0.15, 0.2) is 53.3 Å². The monoisotopic (exact) mass is 305 g/mol. The van der Waals surface area contributed by atoms with E-state index in [0.29, 0.717) is 5.69 Å². The molecule has 1 heterocycles. The first-order valence-electron chi connectivity index (χ1n) is 5.39. The van der Waals surface area contributed by atoms with E-state index in [4.69, 9.17) is 5.73 Å². The molecule has 1 atom stereocenters. The second-order valence-corrected chi connectivity index (χ2v) is 4.69. The number of hydrogen-bond donors (Lipinski definition) is 2. The molecule has 1 aromatic carbocycles. The van der Waals surface area contributed by atoms with Crippen molar-refractivity contribution in [3.63, 3.8) is 0 Å². The first-order valence-corrected chi connectivity index (χ1v) is 6.18. The summed E-state index contributed by atoms with van der Waals surface area (Å²) < 4.78 is 0.800. The Morgan fingerprint density at radius 1 is 1.28 bits per heavy atom. The van der Waals surface area contributed by atoms with Crippen LogP contribution in [0.4, 0.5) is 5.69 Å². The van der Waals surface area contributed by atoms with Crippen LogP contribution in [0.5, 0.6) is 0 Å². The second-order valence-electron chi connectivity index (χ2n) is 3.77. The zero-order valence-electron chi connectivity index (χ0n) is 9.51. The van der Waals surface area contributed by atoms with Crippen LogP contribution in [0.25, 0.3) is 0 Å². The van der Waals surface area contributed by atoms with Crippen LogP contribution in [-0.4, -0.2) is 10.9 Å². The molecule has 2 aromatic rings. The maximum atomic E-state index is 11.9. The first kappa shape index (κ1) is 12.7. The van der Waals surface area contributed by atoms with Crippen LogP contribution in [0.2, 0.25) is 0 Å². The molecule has 0 aliphatic carbocycles. The molecule has 4 nitrogen and oxygen atoms in total. The SMILES string of the molecule is N[C@@H](C(=O)Nc1cncc(Br)c1)c1ccccc1. The van der Waals surface area contributed by atoms with E-state index < -0.39 is 6.04 Å². The van der Waals surface area contributed by atoms with Gasteiger partial charge in [0.15, 0.2) is 0 Å². The molecule has 1 amide bonds. The smallest absolute Gasteiger partial charge is 0.245 e. The van der Waals surface area contributed by atoms with Crippen LogP contribution in [0.3, 0.4) is 0 Å². The highest BCUT2D eigenvalue weighted by Gasteiger charge is 2.15. The highest BCUT2D eigenvalue weighted by Crippen LogP contribution is 2.16. The minimum absolute atomic E-state index is 0.263. The minimum Gasteiger partial charge on any atom is -0.323 e. The number of aromatic nitrogens is 1. The van der Waals surface area contributed by atoms with Crippen LogP contribution in [-0.2, 0) is 4.79 Å². The van der Waals surface area contributed by atoms with Gasteiger partial charge in [0.1, 0.15) is 6.04 Å². The highest BCUT2D eigenvalue weighted by molar-refractivity contribution is 9.10. The largest absolute Gasteiger partial charge is 0.323 e. The molecule has 0 aliphatic heterocycles. The van der Waals surface area contributed by atoms with Crippen molar-refractivity contribution in [1.82, 2.24) is 4.98 Å². The number of amides is 1. The van der Waals surface area contributed by atoms with Gasteiger partial charge in [0, 0.05) is 10.7 Å². The van der Waals surface area contributed by atoms with Crippen molar-refractivity contribution in [2.75, 3.05) is 5.32 Å². The van der Waals surface area contributed by atoms with Crippen molar-refractivity contribution >= 4 is 27.5 Å². The number of rotatable bonds is 3. The van der Waals surface area contributed by atoms with Crippen molar-refractivity contribution in [3.05, 3.63) is 58.8 Å². The fourth-order valence-corrected chi connectivity index (χ4v) is 1.88. The number of carbonyl (C=O) groups is 1. The zero-order chi connectivity index (χ0) is 13.0. The molecule has 2 rings (SSSR count). The van der Waals surface area contributed by atoms with Crippen LogP contribution in [0.1, 0.15) is 11.6 Å². The average Bonchev–Trinajstić information content (AvgIpc) is 2.39. The summed E-state index contributed by atoms with van der Waals surface area (Å²) in [5, 5.41) is 2.72. The highest BCUT2D eigenvalue weighted by atomic mass is 79.9. The molecule has 5 heteroatoms. The Balaban J connectivity index is 2.09. The van der Waals surface area contributed by atoms with Crippen LogP contribution in [0, 0.1) is 0 Å². The Kier molecular flexibility index (Phi) is 4.07. The van der Waals surface area contributed by atoms with E-state index in [-0.39, 0.29) is 5.91 Å². The van der Waals surface area contributed by atoms with Gasteiger partial charge in [0.2, 0.25) is 5.91 Å². The molecule has 0 fully saturated rings. The maximum absolute atomic E-state index is 11.9. The molecular weight excluding hydrogens is 294 g/mol. The molecule has 0 aliphatic rings. The molecule has 3 N–H and O–H groups in total. The van der Waals surface area contributed by atoms with Gasteiger partial charge < -0.3 is 11.1 Å². The number of nitrogens with zero attached hydrogens (tertiary/aromatic N) is 1. The number of benzene rings is 1. The summed E-state index contributed by atoms with van der Waals surface area (Å²) in [6.07, 6.45) is 3.22.